The Balaban J connectivity index is 2.19. The van der Waals surface area contributed by atoms with Crippen molar-refractivity contribution in [2.45, 2.75) is 26.3 Å². The molecular formula is C18H20INO. The lowest BCUT2D eigenvalue weighted by molar-refractivity contribution is 0.0931. The fraction of sp³-hybridized carbons (Fsp3) is 0.278. The molecule has 2 aromatic carbocycles. The van der Waals surface area contributed by atoms with Gasteiger partial charge in [0.1, 0.15) is 0 Å². The monoisotopic (exact) mass is 393 g/mol. The summed E-state index contributed by atoms with van der Waals surface area (Å²) in [5, 5.41) is 3.18. The molecule has 0 bridgehead atoms. The molecule has 1 N–H and O–H groups in total. The topological polar surface area (TPSA) is 29.1 Å². The lowest BCUT2D eigenvalue weighted by atomic mass is 9.96. The first kappa shape index (κ1) is 16.0. The van der Waals surface area contributed by atoms with Gasteiger partial charge in [0.2, 0.25) is 0 Å². The van der Waals surface area contributed by atoms with Crippen molar-refractivity contribution < 1.29 is 4.79 Å². The molecule has 1 amide bonds. The van der Waals surface area contributed by atoms with Crippen LogP contribution in [-0.4, -0.2) is 5.91 Å². The van der Waals surface area contributed by atoms with E-state index >= 15 is 0 Å². The van der Waals surface area contributed by atoms with E-state index < -0.39 is 0 Å². The van der Waals surface area contributed by atoms with E-state index in [2.05, 4.69) is 53.9 Å². The highest BCUT2D eigenvalue weighted by molar-refractivity contribution is 14.1. The average Bonchev–Trinajstić information content (AvgIpc) is 2.47. The van der Waals surface area contributed by atoms with E-state index in [1.54, 1.807) is 0 Å². The van der Waals surface area contributed by atoms with Crippen molar-refractivity contribution in [3.63, 3.8) is 0 Å². The van der Waals surface area contributed by atoms with E-state index in [-0.39, 0.29) is 11.9 Å². The molecule has 0 fully saturated rings. The maximum absolute atomic E-state index is 12.5. The van der Waals surface area contributed by atoms with Crippen molar-refractivity contribution >= 4 is 28.5 Å². The summed E-state index contributed by atoms with van der Waals surface area (Å²) in [5.74, 6) is 0.514. The van der Waals surface area contributed by atoms with Crippen LogP contribution in [0, 0.1) is 9.49 Å². The molecule has 0 heterocycles. The van der Waals surface area contributed by atoms with Crippen LogP contribution in [0.4, 0.5) is 0 Å². The minimum atomic E-state index is -0.00509. The maximum Gasteiger partial charge on any atom is 0.252 e. The van der Waals surface area contributed by atoms with Crippen LogP contribution >= 0.6 is 22.6 Å². The SMILES string of the molecule is CC(C)C[C@@H](NC(=O)c1ccccc1I)c1ccccc1. The van der Waals surface area contributed by atoms with Gasteiger partial charge in [-0.25, -0.2) is 0 Å². The van der Waals surface area contributed by atoms with Crippen LogP contribution in [-0.2, 0) is 0 Å². The third-order valence-electron chi connectivity index (χ3n) is 3.33. The second-order valence-electron chi connectivity index (χ2n) is 5.55. The Morgan fingerprint density at radius 3 is 2.29 bits per heavy atom. The molecule has 21 heavy (non-hydrogen) atoms. The summed E-state index contributed by atoms with van der Waals surface area (Å²) in [6.07, 6.45) is 0.930. The minimum Gasteiger partial charge on any atom is -0.345 e. The van der Waals surface area contributed by atoms with E-state index in [1.807, 2.05) is 42.5 Å². The van der Waals surface area contributed by atoms with Gasteiger partial charge in [0.05, 0.1) is 11.6 Å². The molecule has 0 aliphatic carbocycles. The van der Waals surface area contributed by atoms with Crippen molar-refractivity contribution in [1.82, 2.24) is 5.32 Å². The summed E-state index contributed by atoms with van der Waals surface area (Å²) in [6, 6.07) is 17.9. The summed E-state index contributed by atoms with van der Waals surface area (Å²) in [6.45, 7) is 4.35. The second kappa shape index (κ2) is 7.59. The molecular weight excluding hydrogens is 373 g/mol. The van der Waals surface area contributed by atoms with Crippen LogP contribution in [0.3, 0.4) is 0 Å². The van der Waals surface area contributed by atoms with Crippen molar-refractivity contribution in [3.8, 4) is 0 Å². The number of carbonyl (C=O) groups excluding carboxylic acids is 1. The third-order valence-corrected chi connectivity index (χ3v) is 4.27. The van der Waals surface area contributed by atoms with E-state index in [9.17, 15) is 4.79 Å². The number of amides is 1. The predicted molar refractivity (Wildman–Crippen MR) is 95.3 cm³/mol. The van der Waals surface area contributed by atoms with E-state index in [4.69, 9.17) is 0 Å². The normalized spacial score (nSPS) is 12.2. The first-order valence-corrected chi connectivity index (χ1v) is 8.26. The first-order chi connectivity index (χ1) is 10.1. The number of halogens is 1. The van der Waals surface area contributed by atoms with Crippen LogP contribution in [0.25, 0.3) is 0 Å². The number of benzene rings is 2. The van der Waals surface area contributed by atoms with Crippen LogP contribution < -0.4 is 5.32 Å². The summed E-state index contributed by atoms with van der Waals surface area (Å²) in [4.78, 5) is 12.5. The van der Waals surface area contributed by atoms with Gasteiger partial charge in [-0.3, -0.25) is 4.79 Å². The molecule has 0 saturated carbocycles. The smallest absolute Gasteiger partial charge is 0.252 e. The lowest BCUT2D eigenvalue weighted by Crippen LogP contribution is -2.30. The van der Waals surface area contributed by atoms with Crippen molar-refractivity contribution in [3.05, 3.63) is 69.3 Å². The average molecular weight is 393 g/mol. The Bertz CT molecular complexity index is 595. The Morgan fingerprint density at radius 1 is 1.05 bits per heavy atom. The number of hydrogen-bond donors (Lipinski definition) is 1. The van der Waals surface area contributed by atoms with Gasteiger partial charge in [-0.15, -0.1) is 0 Å². The summed E-state index contributed by atoms with van der Waals surface area (Å²) >= 11 is 2.20. The predicted octanol–water partition coefficient (Wildman–Crippen LogP) is 4.81. The summed E-state index contributed by atoms with van der Waals surface area (Å²) in [5.41, 5.74) is 1.90. The fourth-order valence-corrected chi connectivity index (χ4v) is 2.95. The highest BCUT2D eigenvalue weighted by Gasteiger charge is 2.18. The molecule has 0 aliphatic rings. The van der Waals surface area contributed by atoms with Gasteiger partial charge in [-0.05, 0) is 52.6 Å². The minimum absolute atomic E-state index is 0.00509. The highest BCUT2D eigenvalue weighted by atomic mass is 127. The molecule has 0 aliphatic heterocycles. The quantitative estimate of drug-likeness (QED) is 0.726. The number of carbonyl (C=O) groups is 1. The zero-order valence-electron chi connectivity index (χ0n) is 12.3. The molecule has 0 saturated heterocycles. The fourth-order valence-electron chi connectivity index (χ4n) is 2.32. The van der Waals surface area contributed by atoms with Crippen LogP contribution in [0.1, 0.15) is 42.2 Å². The van der Waals surface area contributed by atoms with Crippen LogP contribution in [0.5, 0.6) is 0 Å². The van der Waals surface area contributed by atoms with Crippen LogP contribution in [0.15, 0.2) is 54.6 Å². The molecule has 2 rings (SSSR count). The molecule has 2 aromatic rings. The van der Waals surface area contributed by atoms with E-state index in [0.717, 1.165) is 21.1 Å². The molecule has 0 radical (unpaired) electrons. The Labute approximate surface area is 140 Å². The number of hydrogen-bond acceptors (Lipinski definition) is 1. The van der Waals surface area contributed by atoms with Crippen molar-refractivity contribution in [2.75, 3.05) is 0 Å². The molecule has 0 unspecified atom stereocenters. The van der Waals surface area contributed by atoms with Gasteiger partial charge >= 0.3 is 0 Å². The van der Waals surface area contributed by atoms with Gasteiger partial charge in [0.15, 0.2) is 0 Å². The first-order valence-electron chi connectivity index (χ1n) is 7.18. The summed E-state index contributed by atoms with van der Waals surface area (Å²) in [7, 11) is 0. The zero-order chi connectivity index (χ0) is 15.2. The van der Waals surface area contributed by atoms with Gasteiger partial charge < -0.3 is 5.32 Å². The zero-order valence-corrected chi connectivity index (χ0v) is 14.5. The Morgan fingerprint density at radius 2 is 1.67 bits per heavy atom. The van der Waals surface area contributed by atoms with E-state index in [0.29, 0.717) is 5.92 Å². The molecule has 0 aromatic heterocycles. The Hall–Kier alpha value is -1.36. The van der Waals surface area contributed by atoms with Crippen LogP contribution in [0.2, 0.25) is 0 Å². The maximum atomic E-state index is 12.5. The second-order valence-corrected chi connectivity index (χ2v) is 6.71. The Kier molecular flexibility index (Phi) is 5.79. The molecule has 3 heteroatoms. The van der Waals surface area contributed by atoms with E-state index in [1.165, 1.54) is 0 Å². The molecule has 110 valence electrons. The highest BCUT2D eigenvalue weighted by Crippen LogP contribution is 2.22. The molecule has 2 nitrogen and oxygen atoms in total. The van der Waals surface area contributed by atoms with Gasteiger partial charge in [0.25, 0.3) is 5.91 Å². The number of nitrogens with one attached hydrogen (secondary N) is 1. The summed E-state index contributed by atoms with van der Waals surface area (Å²) < 4.78 is 0.976. The molecule has 1 atom stereocenters. The lowest BCUT2D eigenvalue weighted by Gasteiger charge is -2.21. The van der Waals surface area contributed by atoms with Gasteiger partial charge in [-0.2, -0.15) is 0 Å². The van der Waals surface area contributed by atoms with Gasteiger partial charge in [0, 0.05) is 3.57 Å². The standard InChI is InChI=1S/C18H20INO/c1-13(2)12-17(14-8-4-3-5-9-14)20-18(21)15-10-6-7-11-16(15)19/h3-11,13,17H,12H2,1-2H3,(H,20,21)/t17-/m1/s1. The van der Waals surface area contributed by atoms with Crippen molar-refractivity contribution in [2.24, 2.45) is 5.92 Å². The van der Waals surface area contributed by atoms with Crippen molar-refractivity contribution in [1.29, 1.82) is 0 Å². The largest absolute Gasteiger partial charge is 0.345 e. The third kappa shape index (κ3) is 4.56. The molecule has 0 spiro atoms. The van der Waals surface area contributed by atoms with Gasteiger partial charge in [-0.1, -0.05) is 56.3 Å². The number of rotatable bonds is 5.